The highest BCUT2D eigenvalue weighted by Gasteiger charge is 2.09. The molecule has 0 aliphatic heterocycles. The number of anilines is 1. The molecule has 0 saturated heterocycles. The molecule has 1 aromatic heterocycles. The van der Waals surface area contributed by atoms with Gasteiger partial charge in [-0.1, -0.05) is 0 Å². The minimum atomic E-state index is -0.645. The Labute approximate surface area is 74.5 Å². The molecular weight excluding hydrogens is 175 g/mol. The first kappa shape index (κ1) is 9.44. The predicted octanol–water partition coefficient (Wildman–Crippen LogP) is 0.980. The zero-order valence-corrected chi connectivity index (χ0v) is 7.08. The molecule has 5 heteroatoms. The van der Waals surface area contributed by atoms with Crippen molar-refractivity contribution >= 4 is 11.7 Å². The van der Waals surface area contributed by atoms with Gasteiger partial charge in [-0.25, -0.2) is 14.2 Å². The Kier molecular flexibility index (Phi) is 2.79. The van der Waals surface area contributed by atoms with Crippen molar-refractivity contribution in [1.29, 1.82) is 0 Å². The van der Waals surface area contributed by atoms with Gasteiger partial charge in [-0.3, -0.25) is 0 Å². The number of nitrogens with zero attached hydrogens (tertiary/aromatic N) is 1. The number of hydrogen-bond acceptors (Lipinski definition) is 4. The standard InChI is InChI=1S/C8H9FN2O2/c1-2-13-8(12)7-3-6(10)5(9)4-11-7/h3-4H,2H2,1H3,(H2,10,11). The molecule has 13 heavy (non-hydrogen) atoms. The molecule has 1 rings (SSSR count). The van der Waals surface area contributed by atoms with Gasteiger partial charge in [0, 0.05) is 0 Å². The molecule has 0 aromatic carbocycles. The number of carbonyl (C=O) groups is 1. The van der Waals surface area contributed by atoms with Crippen LogP contribution in [0.25, 0.3) is 0 Å². The van der Waals surface area contributed by atoms with E-state index in [1.54, 1.807) is 6.92 Å². The molecule has 4 nitrogen and oxygen atoms in total. The highest BCUT2D eigenvalue weighted by Crippen LogP contribution is 2.09. The van der Waals surface area contributed by atoms with Crippen LogP contribution in [0.1, 0.15) is 17.4 Å². The van der Waals surface area contributed by atoms with Crippen molar-refractivity contribution in [2.24, 2.45) is 0 Å². The smallest absolute Gasteiger partial charge is 0.356 e. The van der Waals surface area contributed by atoms with E-state index in [9.17, 15) is 9.18 Å². The molecule has 2 N–H and O–H groups in total. The van der Waals surface area contributed by atoms with Gasteiger partial charge in [0.15, 0.2) is 11.5 Å². The van der Waals surface area contributed by atoms with Crippen molar-refractivity contribution in [2.45, 2.75) is 6.92 Å². The Balaban J connectivity index is 2.90. The number of halogens is 1. The van der Waals surface area contributed by atoms with E-state index in [0.717, 1.165) is 12.3 Å². The van der Waals surface area contributed by atoms with Crippen LogP contribution in [0, 0.1) is 5.82 Å². The van der Waals surface area contributed by atoms with Crippen molar-refractivity contribution < 1.29 is 13.9 Å². The summed E-state index contributed by atoms with van der Waals surface area (Å²) in [7, 11) is 0. The first-order valence-electron chi connectivity index (χ1n) is 3.73. The summed E-state index contributed by atoms with van der Waals surface area (Å²) >= 11 is 0. The van der Waals surface area contributed by atoms with Crippen molar-refractivity contribution in [3.63, 3.8) is 0 Å². The maximum absolute atomic E-state index is 12.6. The number of rotatable bonds is 2. The largest absolute Gasteiger partial charge is 0.461 e. The summed E-state index contributed by atoms with van der Waals surface area (Å²) in [6, 6.07) is 1.15. The summed E-state index contributed by atoms with van der Waals surface area (Å²) < 4.78 is 17.3. The minimum Gasteiger partial charge on any atom is -0.461 e. The average Bonchev–Trinajstić information content (AvgIpc) is 2.10. The third-order valence-corrected chi connectivity index (χ3v) is 1.37. The lowest BCUT2D eigenvalue weighted by Crippen LogP contribution is -2.08. The molecular formula is C8H9FN2O2. The molecule has 0 unspecified atom stereocenters. The van der Waals surface area contributed by atoms with Gasteiger partial charge in [0.1, 0.15) is 0 Å². The summed E-state index contributed by atoms with van der Waals surface area (Å²) in [5, 5.41) is 0. The second-order valence-electron chi connectivity index (χ2n) is 2.31. The normalized spacial score (nSPS) is 9.69. The van der Waals surface area contributed by atoms with E-state index < -0.39 is 11.8 Å². The maximum Gasteiger partial charge on any atom is 0.356 e. The maximum atomic E-state index is 12.6. The van der Waals surface area contributed by atoms with Gasteiger partial charge in [-0.2, -0.15) is 0 Å². The lowest BCUT2D eigenvalue weighted by Gasteiger charge is -2.01. The molecule has 1 aromatic rings. The number of carbonyl (C=O) groups excluding carboxylic acids is 1. The number of nitrogens with two attached hydrogens (primary N) is 1. The Morgan fingerprint density at radius 3 is 3.00 bits per heavy atom. The molecule has 0 radical (unpaired) electrons. The highest BCUT2D eigenvalue weighted by molar-refractivity contribution is 5.88. The van der Waals surface area contributed by atoms with E-state index in [1.165, 1.54) is 0 Å². The molecule has 0 aliphatic carbocycles. The van der Waals surface area contributed by atoms with Crippen LogP contribution in [0.4, 0.5) is 10.1 Å². The SMILES string of the molecule is CCOC(=O)c1cc(N)c(F)cn1. The predicted molar refractivity (Wildman–Crippen MR) is 44.6 cm³/mol. The molecule has 0 fully saturated rings. The van der Waals surface area contributed by atoms with Crippen LogP contribution in [0.15, 0.2) is 12.3 Å². The van der Waals surface area contributed by atoms with Gasteiger partial charge in [-0.15, -0.1) is 0 Å². The van der Waals surface area contributed by atoms with Gasteiger partial charge in [0.25, 0.3) is 0 Å². The van der Waals surface area contributed by atoms with Crippen molar-refractivity contribution in [1.82, 2.24) is 4.98 Å². The van der Waals surface area contributed by atoms with Crippen molar-refractivity contribution in [3.05, 3.63) is 23.8 Å². The van der Waals surface area contributed by atoms with E-state index in [-0.39, 0.29) is 18.0 Å². The Morgan fingerprint density at radius 1 is 1.77 bits per heavy atom. The van der Waals surface area contributed by atoms with E-state index in [4.69, 9.17) is 5.73 Å². The molecule has 0 amide bonds. The van der Waals surface area contributed by atoms with Crippen molar-refractivity contribution in [2.75, 3.05) is 12.3 Å². The fourth-order valence-corrected chi connectivity index (χ4v) is 0.771. The topological polar surface area (TPSA) is 65.2 Å². The van der Waals surface area contributed by atoms with E-state index >= 15 is 0 Å². The number of hydrogen-bond donors (Lipinski definition) is 1. The molecule has 0 saturated carbocycles. The van der Waals surface area contributed by atoms with E-state index in [0.29, 0.717) is 0 Å². The second-order valence-corrected chi connectivity index (χ2v) is 2.31. The van der Waals surface area contributed by atoms with Crippen LogP contribution in [0.5, 0.6) is 0 Å². The minimum absolute atomic E-state index is 0.0146. The average molecular weight is 184 g/mol. The number of ether oxygens (including phenoxy) is 1. The second kappa shape index (κ2) is 3.84. The number of nitrogen functional groups attached to an aromatic ring is 1. The summed E-state index contributed by atoms with van der Waals surface area (Å²) in [4.78, 5) is 14.6. The molecule has 1 heterocycles. The fourth-order valence-electron chi connectivity index (χ4n) is 0.771. The van der Waals surface area contributed by atoms with Crippen LogP contribution in [-0.4, -0.2) is 17.6 Å². The van der Waals surface area contributed by atoms with Gasteiger partial charge in [0.05, 0.1) is 18.5 Å². The van der Waals surface area contributed by atoms with Crippen molar-refractivity contribution in [3.8, 4) is 0 Å². The van der Waals surface area contributed by atoms with Gasteiger partial charge in [0.2, 0.25) is 0 Å². The highest BCUT2D eigenvalue weighted by atomic mass is 19.1. The summed E-state index contributed by atoms with van der Waals surface area (Å²) in [5.74, 6) is -1.25. The molecule has 0 aliphatic rings. The van der Waals surface area contributed by atoms with Crippen LogP contribution in [0.2, 0.25) is 0 Å². The first-order chi connectivity index (χ1) is 6.15. The zero-order chi connectivity index (χ0) is 9.84. The fraction of sp³-hybridized carbons (Fsp3) is 0.250. The quantitative estimate of drug-likeness (QED) is 0.696. The lowest BCUT2D eigenvalue weighted by atomic mass is 10.3. The number of esters is 1. The molecule has 0 atom stereocenters. The third-order valence-electron chi connectivity index (χ3n) is 1.37. The molecule has 70 valence electrons. The van der Waals surface area contributed by atoms with Crippen LogP contribution in [0.3, 0.4) is 0 Å². The van der Waals surface area contributed by atoms with Crippen LogP contribution in [-0.2, 0) is 4.74 Å². The van der Waals surface area contributed by atoms with Crippen LogP contribution < -0.4 is 5.73 Å². The van der Waals surface area contributed by atoms with Gasteiger partial charge >= 0.3 is 5.97 Å². The summed E-state index contributed by atoms with van der Waals surface area (Å²) in [6.45, 7) is 1.92. The Morgan fingerprint density at radius 2 is 2.46 bits per heavy atom. The summed E-state index contributed by atoms with van der Waals surface area (Å²) in [5.41, 5.74) is 5.13. The van der Waals surface area contributed by atoms with Gasteiger partial charge in [-0.05, 0) is 13.0 Å². The molecule has 0 bridgehead atoms. The molecule has 0 spiro atoms. The zero-order valence-electron chi connectivity index (χ0n) is 7.08. The Bertz CT molecular complexity index is 328. The number of pyridine rings is 1. The van der Waals surface area contributed by atoms with Gasteiger partial charge < -0.3 is 10.5 Å². The number of aromatic nitrogens is 1. The monoisotopic (exact) mass is 184 g/mol. The third kappa shape index (κ3) is 2.14. The van der Waals surface area contributed by atoms with Crippen LogP contribution >= 0.6 is 0 Å². The first-order valence-corrected chi connectivity index (χ1v) is 3.73. The van der Waals surface area contributed by atoms with E-state index in [2.05, 4.69) is 9.72 Å². The Hall–Kier alpha value is -1.65. The lowest BCUT2D eigenvalue weighted by molar-refractivity contribution is 0.0519. The summed E-state index contributed by atoms with van der Waals surface area (Å²) in [6.07, 6.45) is 0.890. The van der Waals surface area contributed by atoms with E-state index in [1.807, 2.05) is 0 Å².